The molecular weight excluding hydrogens is 406 g/mol. The molecule has 1 atom stereocenters. The minimum absolute atomic E-state index is 0.0906. The molecule has 1 aliphatic rings. The Balaban J connectivity index is 1.83. The van der Waals surface area contributed by atoms with E-state index in [1.54, 1.807) is 32.4 Å². The molecule has 32 heavy (non-hydrogen) atoms. The summed E-state index contributed by atoms with van der Waals surface area (Å²) < 4.78 is 10.4. The van der Waals surface area contributed by atoms with Crippen molar-refractivity contribution >= 4 is 28.2 Å². The molecule has 0 bridgehead atoms. The lowest BCUT2D eigenvalue weighted by Crippen LogP contribution is -2.31. The highest BCUT2D eigenvalue weighted by Gasteiger charge is 2.45. The van der Waals surface area contributed by atoms with Crippen molar-refractivity contribution in [1.29, 1.82) is 0 Å². The zero-order chi connectivity index (χ0) is 22.7. The van der Waals surface area contributed by atoms with Crippen molar-refractivity contribution in [3.05, 3.63) is 83.4 Å². The average Bonchev–Trinajstić information content (AvgIpc) is 3.08. The second-order valence-electron chi connectivity index (χ2n) is 7.67. The number of carbonyl (C=O) groups excluding carboxylic acids is 2. The van der Waals surface area contributed by atoms with Crippen molar-refractivity contribution in [2.45, 2.75) is 12.5 Å². The van der Waals surface area contributed by atoms with Crippen LogP contribution in [0.25, 0.3) is 16.5 Å². The standard InChI is InChI=1S/C26H25NO5/c1-31-15-5-14-27-23(18-10-12-21(32-2)13-11-18)22(25(29)26(27)30)24(28)20-9-8-17-6-3-4-7-19(17)16-20/h3-4,6-13,16,23,28H,5,14-15H2,1-2H3/b24-22-. The molecule has 1 heterocycles. The summed E-state index contributed by atoms with van der Waals surface area (Å²) in [6.07, 6.45) is 0.576. The molecule has 0 saturated carbocycles. The third-order valence-corrected chi connectivity index (χ3v) is 5.74. The lowest BCUT2D eigenvalue weighted by Gasteiger charge is -2.25. The Bertz CT molecular complexity index is 1180. The first-order valence-electron chi connectivity index (χ1n) is 10.5. The normalized spacial score (nSPS) is 17.8. The number of likely N-dealkylation sites (tertiary alicyclic amines) is 1. The lowest BCUT2D eigenvalue weighted by atomic mass is 9.94. The Labute approximate surface area is 186 Å². The molecule has 164 valence electrons. The Kier molecular flexibility index (Phi) is 6.23. The van der Waals surface area contributed by atoms with Gasteiger partial charge in [0.25, 0.3) is 11.7 Å². The highest BCUT2D eigenvalue weighted by molar-refractivity contribution is 6.46. The van der Waals surface area contributed by atoms with E-state index in [1.165, 1.54) is 4.90 Å². The van der Waals surface area contributed by atoms with Crippen LogP contribution in [0.2, 0.25) is 0 Å². The third kappa shape index (κ3) is 3.97. The maximum Gasteiger partial charge on any atom is 0.295 e. The summed E-state index contributed by atoms with van der Waals surface area (Å²) in [7, 11) is 3.17. The van der Waals surface area contributed by atoms with Crippen LogP contribution in [-0.2, 0) is 14.3 Å². The van der Waals surface area contributed by atoms with Crippen LogP contribution in [0.15, 0.2) is 72.3 Å². The number of benzene rings is 3. The number of nitrogens with zero attached hydrogens (tertiary/aromatic N) is 1. The summed E-state index contributed by atoms with van der Waals surface area (Å²) in [6.45, 7) is 0.798. The number of carbonyl (C=O) groups is 2. The van der Waals surface area contributed by atoms with E-state index >= 15 is 0 Å². The van der Waals surface area contributed by atoms with E-state index in [1.807, 2.05) is 48.5 Å². The molecule has 4 rings (SSSR count). The number of fused-ring (bicyclic) bond motifs is 1. The topological polar surface area (TPSA) is 76.1 Å². The van der Waals surface area contributed by atoms with Gasteiger partial charge in [-0.15, -0.1) is 0 Å². The van der Waals surface area contributed by atoms with Gasteiger partial charge in [-0.2, -0.15) is 0 Å². The first kappa shape index (κ1) is 21.6. The molecule has 0 radical (unpaired) electrons. The molecule has 1 unspecified atom stereocenters. The number of aliphatic hydroxyl groups is 1. The van der Waals surface area contributed by atoms with Gasteiger partial charge in [0, 0.05) is 25.8 Å². The van der Waals surface area contributed by atoms with Crippen LogP contribution in [0.5, 0.6) is 5.75 Å². The quantitative estimate of drug-likeness (QED) is 0.261. The van der Waals surface area contributed by atoms with E-state index in [2.05, 4.69) is 0 Å². The monoisotopic (exact) mass is 431 g/mol. The predicted molar refractivity (Wildman–Crippen MR) is 122 cm³/mol. The van der Waals surface area contributed by atoms with Gasteiger partial charge in [0.2, 0.25) is 0 Å². The van der Waals surface area contributed by atoms with E-state index in [-0.39, 0.29) is 11.3 Å². The number of ketones is 1. The Morgan fingerprint density at radius 2 is 1.69 bits per heavy atom. The van der Waals surface area contributed by atoms with Gasteiger partial charge in [0.15, 0.2) is 0 Å². The van der Waals surface area contributed by atoms with Crippen molar-refractivity contribution in [3.8, 4) is 5.75 Å². The minimum atomic E-state index is -0.691. The molecule has 0 aromatic heterocycles. The summed E-state index contributed by atoms with van der Waals surface area (Å²) in [5.74, 6) is -0.818. The van der Waals surface area contributed by atoms with E-state index in [0.717, 1.165) is 16.3 Å². The second-order valence-corrected chi connectivity index (χ2v) is 7.67. The largest absolute Gasteiger partial charge is 0.507 e. The Hall–Kier alpha value is -3.64. The van der Waals surface area contributed by atoms with E-state index in [9.17, 15) is 14.7 Å². The van der Waals surface area contributed by atoms with Gasteiger partial charge in [-0.1, -0.05) is 48.5 Å². The van der Waals surface area contributed by atoms with Crippen LogP contribution >= 0.6 is 0 Å². The molecule has 0 aliphatic carbocycles. The van der Waals surface area contributed by atoms with Crippen LogP contribution in [0.3, 0.4) is 0 Å². The Morgan fingerprint density at radius 3 is 2.38 bits per heavy atom. The molecule has 1 aliphatic heterocycles. The van der Waals surface area contributed by atoms with Crippen molar-refractivity contribution < 1.29 is 24.2 Å². The minimum Gasteiger partial charge on any atom is -0.507 e. The first-order chi connectivity index (χ1) is 15.5. The fourth-order valence-electron chi connectivity index (χ4n) is 4.11. The van der Waals surface area contributed by atoms with Gasteiger partial charge in [0.05, 0.1) is 18.7 Å². The second kappa shape index (κ2) is 9.24. The fourth-order valence-corrected chi connectivity index (χ4v) is 4.11. The Morgan fingerprint density at radius 1 is 0.969 bits per heavy atom. The molecular formula is C26H25NO5. The number of hydrogen-bond donors (Lipinski definition) is 1. The summed E-state index contributed by atoms with van der Waals surface area (Å²) in [4.78, 5) is 27.5. The average molecular weight is 431 g/mol. The summed E-state index contributed by atoms with van der Waals surface area (Å²) in [6, 6.07) is 19.7. The summed E-state index contributed by atoms with van der Waals surface area (Å²) in [5.41, 5.74) is 1.31. The van der Waals surface area contributed by atoms with Crippen LogP contribution in [0.1, 0.15) is 23.6 Å². The summed E-state index contributed by atoms with van der Waals surface area (Å²) >= 11 is 0. The highest BCUT2D eigenvalue weighted by Crippen LogP contribution is 2.40. The number of hydrogen-bond acceptors (Lipinski definition) is 5. The van der Waals surface area contributed by atoms with Crippen LogP contribution < -0.4 is 4.74 Å². The zero-order valence-corrected chi connectivity index (χ0v) is 18.1. The van der Waals surface area contributed by atoms with Gasteiger partial charge in [-0.05, 0) is 41.0 Å². The van der Waals surface area contributed by atoms with Gasteiger partial charge >= 0.3 is 0 Å². The van der Waals surface area contributed by atoms with Crippen LogP contribution in [0, 0.1) is 0 Å². The maximum atomic E-state index is 13.1. The molecule has 1 saturated heterocycles. The number of amides is 1. The third-order valence-electron chi connectivity index (χ3n) is 5.74. The molecule has 3 aromatic rings. The molecule has 1 amide bonds. The zero-order valence-electron chi connectivity index (χ0n) is 18.1. The number of rotatable bonds is 7. The van der Waals surface area contributed by atoms with E-state index in [0.29, 0.717) is 30.9 Å². The molecule has 1 fully saturated rings. The number of Topliss-reactive ketones (excluding diaryl/α,β-unsaturated/α-hetero) is 1. The SMILES string of the molecule is COCCCN1C(=O)C(=O)/C(=C(\O)c2ccc3ccccc3c2)C1c1ccc(OC)cc1. The first-order valence-corrected chi connectivity index (χ1v) is 10.5. The van der Waals surface area contributed by atoms with Gasteiger partial charge in [-0.25, -0.2) is 0 Å². The van der Waals surface area contributed by atoms with E-state index < -0.39 is 17.7 Å². The van der Waals surface area contributed by atoms with Gasteiger partial charge in [-0.3, -0.25) is 9.59 Å². The molecule has 6 heteroatoms. The number of methoxy groups -OCH3 is 2. The highest BCUT2D eigenvalue weighted by atomic mass is 16.5. The number of ether oxygens (including phenoxy) is 2. The molecule has 3 aromatic carbocycles. The molecule has 0 spiro atoms. The van der Waals surface area contributed by atoms with Crippen LogP contribution in [-0.4, -0.2) is 49.1 Å². The van der Waals surface area contributed by atoms with Crippen molar-refractivity contribution in [2.24, 2.45) is 0 Å². The lowest BCUT2D eigenvalue weighted by molar-refractivity contribution is -0.140. The van der Waals surface area contributed by atoms with Crippen molar-refractivity contribution in [1.82, 2.24) is 4.90 Å². The van der Waals surface area contributed by atoms with Crippen molar-refractivity contribution in [2.75, 3.05) is 27.4 Å². The van der Waals surface area contributed by atoms with Crippen LogP contribution in [0.4, 0.5) is 0 Å². The van der Waals surface area contributed by atoms with Gasteiger partial charge < -0.3 is 19.5 Å². The summed E-state index contributed by atoms with van der Waals surface area (Å²) in [5, 5.41) is 13.2. The molecule has 6 nitrogen and oxygen atoms in total. The smallest absolute Gasteiger partial charge is 0.295 e. The molecule has 1 N–H and O–H groups in total. The predicted octanol–water partition coefficient (Wildman–Crippen LogP) is 4.31. The van der Waals surface area contributed by atoms with E-state index in [4.69, 9.17) is 9.47 Å². The fraction of sp³-hybridized carbons (Fsp3) is 0.231. The van der Waals surface area contributed by atoms with Crippen molar-refractivity contribution in [3.63, 3.8) is 0 Å². The number of aliphatic hydroxyl groups excluding tert-OH is 1. The maximum absolute atomic E-state index is 13.1. The van der Waals surface area contributed by atoms with Gasteiger partial charge in [0.1, 0.15) is 11.5 Å².